The molecule has 40 heavy (non-hydrogen) atoms. The second-order valence-corrected chi connectivity index (χ2v) is 10.2. The number of ether oxygens (including phenoxy) is 2. The van der Waals surface area contributed by atoms with E-state index in [1.54, 1.807) is 0 Å². The van der Waals surface area contributed by atoms with Crippen LogP contribution >= 0.6 is 0 Å². The molecule has 0 unspecified atom stereocenters. The van der Waals surface area contributed by atoms with Crippen LogP contribution in [-0.2, 0) is 26.0 Å². The third-order valence-electron chi connectivity index (χ3n) is 5.85. The summed E-state index contributed by atoms with van der Waals surface area (Å²) in [6.45, 7) is 6.75. The van der Waals surface area contributed by atoms with Crippen LogP contribution in [0.3, 0.4) is 0 Å². The number of pyridine rings is 1. The predicted octanol–water partition coefficient (Wildman–Crippen LogP) is 6.40. The Balaban J connectivity index is 2.32. The van der Waals surface area contributed by atoms with Crippen molar-refractivity contribution in [3.05, 3.63) is 47.8 Å². The van der Waals surface area contributed by atoms with E-state index in [2.05, 4.69) is 11.9 Å². The Morgan fingerprint density at radius 1 is 0.900 bits per heavy atom. The lowest BCUT2D eigenvalue weighted by molar-refractivity contribution is -0.160. The summed E-state index contributed by atoms with van der Waals surface area (Å²) in [6.07, 6.45) is 0.761. The van der Waals surface area contributed by atoms with E-state index in [-0.39, 0.29) is 23.5 Å². The minimum absolute atomic E-state index is 0.0923. The molecule has 0 radical (unpaired) electrons. The molecule has 0 saturated carbocycles. The third kappa shape index (κ3) is 8.59. The first-order valence-electron chi connectivity index (χ1n) is 12.9. The molecule has 0 bridgehead atoms. The summed E-state index contributed by atoms with van der Waals surface area (Å²) in [4.78, 5) is 40.2. The number of carbonyl (C=O) groups excluding carboxylic acids is 1. The molecule has 0 aliphatic rings. The molecule has 9 nitrogen and oxygen atoms in total. The first kappa shape index (κ1) is 32.4. The van der Waals surface area contributed by atoms with Gasteiger partial charge in [0.1, 0.15) is 11.4 Å². The zero-order valence-electron chi connectivity index (χ0n) is 22.9. The number of rotatable bonds is 13. The van der Waals surface area contributed by atoms with Crippen LogP contribution in [0.15, 0.2) is 36.5 Å². The van der Waals surface area contributed by atoms with Gasteiger partial charge in [-0.05, 0) is 51.0 Å². The topological polar surface area (TPSA) is 135 Å². The molecule has 1 aromatic carbocycles. The maximum absolute atomic E-state index is 13.8. The van der Waals surface area contributed by atoms with Crippen LogP contribution in [0, 0.1) is 0 Å². The number of unbranched alkanes of at least 4 members (excludes halogenated alkanes) is 5. The van der Waals surface area contributed by atoms with Crippen molar-refractivity contribution in [2.24, 2.45) is 0 Å². The van der Waals surface area contributed by atoms with Gasteiger partial charge >= 0.3 is 24.2 Å². The molecule has 0 spiro atoms. The van der Waals surface area contributed by atoms with Gasteiger partial charge in [-0.25, -0.2) is 14.4 Å². The van der Waals surface area contributed by atoms with Gasteiger partial charge in [0.15, 0.2) is 0 Å². The van der Waals surface area contributed by atoms with Crippen LogP contribution < -0.4 is 10.1 Å². The van der Waals surface area contributed by atoms with Gasteiger partial charge in [0.05, 0.1) is 17.9 Å². The molecule has 12 heteroatoms. The summed E-state index contributed by atoms with van der Waals surface area (Å²) in [5.41, 5.74) is -5.39. The lowest BCUT2D eigenvalue weighted by Gasteiger charge is -2.28. The smallest absolute Gasteiger partial charge is 0.419 e. The molecule has 220 valence electrons. The first-order chi connectivity index (χ1) is 18.6. The highest BCUT2D eigenvalue weighted by Crippen LogP contribution is 2.39. The highest BCUT2D eigenvalue weighted by atomic mass is 19.4. The number of amides is 1. The summed E-state index contributed by atoms with van der Waals surface area (Å²) in [6, 6.07) is 5.69. The minimum atomic E-state index is -4.71. The quantitative estimate of drug-likeness (QED) is 0.187. The Kier molecular flexibility index (Phi) is 10.9. The molecule has 1 amide bonds. The lowest BCUT2D eigenvalue weighted by Crippen LogP contribution is -2.58. The molecule has 0 aliphatic heterocycles. The van der Waals surface area contributed by atoms with Gasteiger partial charge in [0.2, 0.25) is 0 Å². The highest BCUT2D eigenvalue weighted by molar-refractivity contribution is 6.06. The Bertz CT molecular complexity index is 1160. The summed E-state index contributed by atoms with van der Waals surface area (Å²) in [5, 5.41) is 21.3. The van der Waals surface area contributed by atoms with Gasteiger partial charge in [-0.3, -0.25) is 10.3 Å². The lowest BCUT2D eigenvalue weighted by atomic mass is 9.93. The number of alkyl carbamates (subject to hydrolysis) is 1. The van der Waals surface area contributed by atoms with E-state index >= 15 is 0 Å². The van der Waals surface area contributed by atoms with Crippen LogP contribution in [0.2, 0.25) is 0 Å². The zero-order valence-corrected chi connectivity index (χ0v) is 22.9. The van der Waals surface area contributed by atoms with Crippen molar-refractivity contribution in [1.29, 1.82) is 0 Å². The fraction of sp³-hybridized carbons (Fsp3) is 0.500. The SMILES string of the molecule is CCCCCCCCOc1ccc(-c2ccc(C(NC(=O)OC(C)(C)C)(C(=O)O)C(=O)O)nc2)cc1C(F)(F)F. The average Bonchev–Trinajstić information content (AvgIpc) is 2.85. The Morgan fingerprint density at radius 3 is 2.02 bits per heavy atom. The second kappa shape index (κ2) is 13.5. The summed E-state index contributed by atoms with van der Waals surface area (Å²) in [7, 11) is 0. The van der Waals surface area contributed by atoms with Gasteiger partial charge in [0.25, 0.3) is 5.54 Å². The van der Waals surface area contributed by atoms with Crippen LogP contribution in [-0.4, -0.2) is 45.4 Å². The van der Waals surface area contributed by atoms with E-state index in [0.29, 0.717) is 6.42 Å². The Hall–Kier alpha value is -3.83. The number of benzene rings is 1. The fourth-order valence-electron chi connectivity index (χ4n) is 3.85. The molecule has 2 rings (SSSR count). The number of hydrogen-bond donors (Lipinski definition) is 3. The van der Waals surface area contributed by atoms with Crippen molar-refractivity contribution in [1.82, 2.24) is 10.3 Å². The first-order valence-corrected chi connectivity index (χ1v) is 12.9. The van der Waals surface area contributed by atoms with Gasteiger partial charge in [-0.1, -0.05) is 51.2 Å². The van der Waals surface area contributed by atoms with Crippen molar-refractivity contribution in [3.8, 4) is 16.9 Å². The Labute approximate surface area is 230 Å². The maximum Gasteiger partial charge on any atom is 0.419 e. The number of carboxylic acid groups (broad SMARTS) is 2. The van der Waals surface area contributed by atoms with Gasteiger partial charge in [0, 0.05) is 11.8 Å². The second-order valence-electron chi connectivity index (χ2n) is 10.2. The summed E-state index contributed by atoms with van der Waals surface area (Å²) < 4.78 is 51.9. The molecule has 1 aromatic heterocycles. The molecule has 0 atom stereocenters. The van der Waals surface area contributed by atoms with Gasteiger partial charge in [-0.2, -0.15) is 13.2 Å². The minimum Gasteiger partial charge on any atom is -0.493 e. The van der Waals surface area contributed by atoms with Crippen molar-refractivity contribution < 1.29 is 47.2 Å². The Morgan fingerprint density at radius 2 is 1.50 bits per heavy atom. The van der Waals surface area contributed by atoms with E-state index in [0.717, 1.165) is 50.4 Å². The molecule has 3 N–H and O–H groups in total. The van der Waals surface area contributed by atoms with Crippen LogP contribution in [0.25, 0.3) is 11.1 Å². The molecule has 0 fully saturated rings. The highest BCUT2D eigenvalue weighted by Gasteiger charge is 2.52. The maximum atomic E-state index is 13.8. The monoisotopic (exact) mass is 568 g/mol. The van der Waals surface area contributed by atoms with Gasteiger partial charge in [-0.15, -0.1) is 0 Å². The number of halogens is 3. The molecule has 1 heterocycles. The van der Waals surface area contributed by atoms with Crippen LogP contribution in [0.5, 0.6) is 5.75 Å². The van der Waals surface area contributed by atoms with Crippen LogP contribution in [0.1, 0.15) is 77.5 Å². The number of carbonyl (C=O) groups is 3. The number of alkyl halides is 3. The number of carboxylic acids is 2. The standard InChI is InChI=1S/C28H35F3N2O7/c1-5-6-7-8-9-10-15-39-21-13-11-18(16-20(21)28(29,30)31)19-12-14-22(32-17-19)27(23(34)35,24(36)37)33-25(38)40-26(2,3)4/h11-14,16-17H,5-10,15H2,1-4H3,(H,33,38)(H,34,35)(H,36,37). The largest absolute Gasteiger partial charge is 0.493 e. The van der Waals surface area contributed by atoms with E-state index in [4.69, 9.17) is 9.47 Å². The van der Waals surface area contributed by atoms with E-state index in [1.165, 1.54) is 39.0 Å². The van der Waals surface area contributed by atoms with Crippen molar-refractivity contribution in [2.45, 2.75) is 83.5 Å². The summed E-state index contributed by atoms with van der Waals surface area (Å²) in [5.74, 6) is -4.21. The van der Waals surface area contributed by atoms with Gasteiger partial charge < -0.3 is 19.7 Å². The number of hydrogen-bond acceptors (Lipinski definition) is 6. The third-order valence-corrected chi connectivity index (χ3v) is 5.85. The van der Waals surface area contributed by atoms with E-state index in [1.807, 2.05) is 5.32 Å². The number of nitrogens with one attached hydrogen (secondary N) is 1. The van der Waals surface area contributed by atoms with Crippen molar-refractivity contribution in [2.75, 3.05) is 6.61 Å². The fourth-order valence-corrected chi connectivity index (χ4v) is 3.85. The zero-order chi connectivity index (χ0) is 30.1. The predicted molar refractivity (Wildman–Crippen MR) is 140 cm³/mol. The number of nitrogens with zero attached hydrogens (tertiary/aromatic N) is 1. The molecule has 0 aliphatic carbocycles. The number of aliphatic carboxylic acids is 2. The van der Waals surface area contributed by atoms with E-state index < -0.39 is 46.6 Å². The molecular formula is C28H35F3N2O7. The summed E-state index contributed by atoms with van der Waals surface area (Å²) >= 11 is 0. The van der Waals surface area contributed by atoms with Crippen molar-refractivity contribution >= 4 is 18.0 Å². The molecule has 0 saturated heterocycles. The number of aromatic nitrogens is 1. The molecule has 2 aromatic rings. The molecular weight excluding hydrogens is 533 g/mol. The average molecular weight is 569 g/mol. The van der Waals surface area contributed by atoms with E-state index in [9.17, 15) is 37.8 Å². The van der Waals surface area contributed by atoms with Crippen LogP contribution in [0.4, 0.5) is 18.0 Å². The normalized spacial score (nSPS) is 12.1. The van der Waals surface area contributed by atoms with Crippen molar-refractivity contribution in [3.63, 3.8) is 0 Å².